The Morgan fingerprint density at radius 2 is 2.40 bits per heavy atom. The van der Waals surface area contributed by atoms with E-state index >= 15 is 0 Å². The number of hydrogen-bond acceptors (Lipinski definition) is 4. The molecule has 0 saturated heterocycles. The first-order valence-corrected chi connectivity index (χ1v) is 5.68. The van der Waals surface area contributed by atoms with Crippen LogP contribution in [0.2, 0.25) is 5.02 Å². The number of nitrogens with two attached hydrogens (primary N) is 1. The summed E-state index contributed by atoms with van der Waals surface area (Å²) in [7, 11) is 0. The van der Waals surface area contributed by atoms with Gasteiger partial charge in [-0.3, -0.25) is 4.79 Å². The van der Waals surface area contributed by atoms with Crippen molar-refractivity contribution in [2.45, 2.75) is 17.5 Å². The van der Waals surface area contributed by atoms with Gasteiger partial charge in [-0.1, -0.05) is 11.6 Å². The summed E-state index contributed by atoms with van der Waals surface area (Å²) in [5.41, 5.74) is 5.35. The third kappa shape index (κ3) is 4.51. The Kier molecular flexibility index (Phi) is 4.87. The largest absolute Gasteiger partial charge is 0.480 e. The van der Waals surface area contributed by atoms with Crippen molar-refractivity contribution in [3.63, 3.8) is 0 Å². The molecular weight excluding hydrogens is 236 g/mol. The second kappa shape index (κ2) is 5.95. The van der Waals surface area contributed by atoms with E-state index in [-0.39, 0.29) is 0 Å². The van der Waals surface area contributed by atoms with Gasteiger partial charge in [0.05, 0.1) is 10.0 Å². The summed E-state index contributed by atoms with van der Waals surface area (Å²) in [5.74, 6) is -0.345. The summed E-state index contributed by atoms with van der Waals surface area (Å²) in [6.07, 6.45) is 1.98. The highest BCUT2D eigenvalue weighted by atomic mass is 35.5. The van der Waals surface area contributed by atoms with Crippen molar-refractivity contribution < 1.29 is 9.90 Å². The SMILES string of the molecule is NC(CCSc1ccc(Cl)cn1)C(=O)O. The van der Waals surface area contributed by atoms with E-state index < -0.39 is 12.0 Å². The summed E-state index contributed by atoms with van der Waals surface area (Å²) in [6.45, 7) is 0. The molecule has 1 aromatic rings. The molecule has 0 amide bonds. The van der Waals surface area contributed by atoms with Crippen LogP contribution in [0.3, 0.4) is 0 Å². The Morgan fingerprint density at radius 3 is 2.93 bits per heavy atom. The summed E-state index contributed by atoms with van der Waals surface area (Å²) >= 11 is 7.13. The van der Waals surface area contributed by atoms with E-state index in [0.717, 1.165) is 5.03 Å². The van der Waals surface area contributed by atoms with Crippen LogP contribution in [0.5, 0.6) is 0 Å². The maximum atomic E-state index is 10.4. The molecule has 1 rings (SSSR count). The van der Waals surface area contributed by atoms with Crippen molar-refractivity contribution in [3.8, 4) is 0 Å². The van der Waals surface area contributed by atoms with Crippen molar-refractivity contribution in [1.82, 2.24) is 4.98 Å². The Hall–Kier alpha value is -0.780. The summed E-state index contributed by atoms with van der Waals surface area (Å²) in [6, 6.07) is 2.73. The smallest absolute Gasteiger partial charge is 0.320 e. The molecule has 0 aliphatic heterocycles. The van der Waals surface area contributed by atoms with Crippen molar-refractivity contribution in [1.29, 1.82) is 0 Å². The number of hydrogen-bond donors (Lipinski definition) is 2. The van der Waals surface area contributed by atoms with Gasteiger partial charge in [0, 0.05) is 11.9 Å². The summed E-state index contributed by atoms with van der Waals surface area (Å²) < 4.78 is 0. The molecule has 0 aromatic carbocycles. The van der Waals surface area contributed by atoms with E-state index in [9.17, 15) is 4.79 Å². The Balaban J connectivity index is 2.32. The molecule has 82 valence electrons. The predicted octanol–water partition coefficient (Wildman–Crippen LogP) is 1.63. The molecule has 6 heteroatoms. The number of rotatable bonds is 5. The molecule has 0 radical (unpaired) electrons. The van der Waals surface area contributed by atoms with Gasteiger partial charge in [0.1, 0.15) is 6.04 Å². The van der Waals surface area contributed by atoms with Crippen LogP contribution >= 0.6 is 23.4 Å². The lowest BCUT2D eigenvalue weighted by Crippen LogP contribution is -2.30. The molecular formula is C9H11ClN2O2S. The zero-order chi connectivity index (χ0) is 11.3. The molecule has 0 saturated carbocycles. The minimum absolute atomic E-state index is 0.421. The number of pyridine rings is 1. The molecule has 4 nitrogen and oxygen atoms in total. The first-order valence-electron chi connectivity index (χ1n) is 4.32. The maximum absolute atomic E-state index is 10.4. The molecule has 1 heterocycles. The van der Waals surface area contributed by atoms with Crippen molar-refractivity contribution >= 4 is 29.3 Å². The van der Waals surface area contributed by atoms with Gasteiger partial charge < -0.3 is 10.8 Å². The van der Waals surface area contributed by atoms with Crippen LogP contribution in [0.15, 0.2) is 23.4 Å². The van der Waals surface area contributed by atoms with Crippen LogP contribution in [0.25, 0.3) is 0 Å². The Bertz CT molecular complexity index is 331. The highest BCUT2D eigenvalue weighted by molar-refractivity contribution is 7.99. The average Bonchev–Trinajstić information content (AvgIpc) is 2.20. The van der Waals surface area contributed by atoms with E-state index in [2.05, 4.69) is 4.98 Å². The molecule has 3 N–H and O–H groups in total. The number of carboxylic acid groups (broad SMARTS) is 1. The monoisotopic (exact) mass is 246 g/mol. The van der Waals surface area contributed by atoms with Crippen molar-refractivity contribution in [3.05, 3.63) is 23.4 Å². The predicted molar refractivity (Wildman–Crippen MR) is 60.2 cm³/mol. The first-order chi connectivity index (χ1) is 7.09. The third-order valence-corrected chi connectivity index (χ3v) is 2.90. The number of aromatic nitrogens is 1. The second-order valence-corrected chi connectivity index (χ2v) is 4.45. The maximum Gasteiger partial charge on any atom is 0.320 e. The van der Waals surface area contributed by atoms with Crippen LogP contribution in [0, 0.1) is 0 Å². The van der Waals surface area contributed by atoms with Gasteiger partial charge in [0.15, 0.2) is 0 Å². The van der Waals surface area contributed by atoms with Crippen LogP contribution in [-0.4, -0.2) is 27.9 Å². The fourth-order valence-corrected chi connectivity index (χ4v) is 1.85. The molecule has 1 aromatic heterocycles. The van der Waals surface area contributed by atoms with Gasteiger partial charge in [0.2, 0.25) is 0 Å². The number of aliphatic carboxylic acids is 1. The van der Waals surface area contributed by atoms with Crippen LogP contribution in [-0.2, 0) is 4.79 Å². The van der Waals surface area contributed by atoms with Gasteiger partial charge in [-0.05, 0) is 18.6 Å². The number of carbonyl (C=O) groups is 1. The molecule has 1 unspecified atom stereocenters. The molecule has 0 fully saturated rings. The minimum atomic E-state index is -0.973. The standard InChI is InChI=1S/C9H11ClN2O2S/c10-6-1-2-8(12-5-6)15-4-3-7(11)9(13)14/h1-2,5,7H,3-4,11H2,(H,13,14). The van der Waals surface area contributed by atoms with E-state index in [4.69, 9.17) is 22.4 Å². The zero-order valence-electron chi connectivity index (χ0n) is 7.89. The molecule has 0 spiro atoms. The topological polar surface area (TPSA) is 76.2 Å². The Morgan fingerprint density at radius 1 is 1.67 bits per heavy atom. The summed E-state index contributed by atoms with van der Waals surface area (Å²) in [4.78, 5) is 14.5. The van der Waals surface area contributed by atoms with Crippen LogP contribution < -0.4 is 5.73 Å². The van der Waals surface area contributed by atoms with E-state index in [1.165, 1.54) is 11.8 Å². The first kappa shape index (κ1) is 12.3. The third-order valence-electron chi connectivity index (χ3n) is 1.70. The van der Waals surface area contributed by atoms with Gasteiger partial charge >= 0.3 is 5.97 Å². The normalized spacial score (nSPS) is 12.4. The second-order valence-electron chi connectivity index (χ2n) is 2.90. The van der Waals surface area contributed by atoms with E-state index in [1.54, 1.807) is 18.3 Å². The zero-order valence-corrected chi connectivity index (χ0v) is 9.46. The molecule has 0 aliphatic rings. The summed E-state index contributed by atoms with van der Waals surface area (Å²) in [5, 5.41) is 9.95. The van der Waals surface area contributed by atoms with Gasteiger partial charge in [-0.25, -0.2) is 4.98 Å². The van der Waals surface area contributed by atoms with Gasteiger partial charge in [0.25, 0.3) is 0 Å². The molecule has 15 heavy (non-hydrogen) atoms. The number of nitrogens with zero attached hydrogens (tertiary/aromatic N) is 1. The molecule has 0 aliphatic carbocycles. The Labute approximate surface area is 96.8 Å². The van der Waals surface area contributed by atoms with Crippen molar-refractivity contribution in [2.24, 2.45) is 5.73 Å². The van der Waals surface area contributed by atoms with Gasteiger partial charge in [-0.2, -0.15) is 0 Å². The minimum Gasteiger partial charge on any atom is -0.480 e. The van der Waals surface area contributed by atoms with Gasteiger partial charge in [-0.15, -0.1) is 11.8 Å². The highest BCUT2D eigenvalue weighted by Gasteiger charge is 2.10. The number of halogens is 1. The fraction of sp³-hybridized carbons (Fsp3) is 0.333. The lowest BCUT2D eigenvalue weighted by atomic mass is 10.2. The van der Waals surface area contributed by atoms with Crippen LogP contribution in [0.4, 0.5) is 0 Å². The lowest BCUT2D eigenvalue weighted by Gasteiger charge is -2.05. The van der Waals surface area contributed by atoms with E-state index in [0.29, 0.717) is 17.2 Å². The number of carboxylic acids is 1. The van der Waals surface area contributed by atoms with Crippen molar-refractivity contribution in [2.75, 3.05) is 5.75 Å². The van der Waals surface area contributed by atoms with E-state index in [1.807, 2.05) is 0 Å². The lowest BCUT2D eigenvalue weighted by molar-refractivity contribution is -0.138. The average molecular weight is 247 g/mol. The molecule has 0 bridgehead atoms. The fourth-order valence-electron chi connectivity index (χ4n) is 0.862. The van der Waals surface area contributed by atoms with Crippen LogP contribution in [0.1, 0.15) is 6.42 Å². The quantitative estimate of drug-likeness (QED) is 0.773. The number of thioether (sulfide) groups is 1. The highest BCUT2D eigenvalue weighted by Crippen LogP contribution is 2.18. The molecule has 1 atom stereocenters.